The van der Waals surface area contributed by atoms with Crippen LogP contribution in [0.25, 0.3) is 0 Å². The number of hydrogen-bond acceptors (Lipinski definition) is 5. The molecule has 0 heterocycles. The van der Waals surface area contributed by atoms with Crippen molar-refractivity contribution in [2.45, 2.75) is 13.2 Å². The smallest absolute Gasteiger partial charge is 0.349 e. The standard InChI is InChI=1S/C19H18O5/c1-22-14-17(18(20)23-12-15-8-4-2-5-9-15)19(21)24-13-16-10-6-3-7-11-16/h2-11,14H,12-13H2,1H3. The topological polar surface area (TPSA) is 61.8 Å². The fourth-order valence-corrected chi connectivity index (χ4v) is 1.90. The Morgan fingerprint density at radius 1 is 0.792 bits per heavy atom. The van der Waals surface area contributed by atoms with Crippen LogP contribution in [0.3, 0.4) is 0 Å². The quantitative estimate of drug-likeness (QED) is 0.257. The van der Waals surface area contributed by atoms with Crippen LogP contribution in [0.5, 0.6) is 0 Å². The summed E-state index contributed by atoms with van der Waals surface area (Å²) in [6, 6.07) is 18.4. The van der Waals surface area contributed by atoms with Gasteiger partial charge in [-0.1, -0.05) is 60.7 Å². The largest absolute Gasteiger partial charge is 0.503 e. The van der Waals surface area contributed by atoms with Crippen LogP contribution in [0.4, 0.5) is 0 Å². The maximum absolute atomic E-state index is 12.1. The molecule has 24 heavy (non-hydrogen) atoms. The average molecular weight is 326 g/mol. The Kier molecular flexibility index (Phi) is 6.58. The first-order chi connectivity index (χ1) is 11.7. The maximum atomic E-state index is 12.1. The summed E-state index contributed by atoms with van der Waals surface area (Å²) in [5, 5.41) is 0. The molecule has 0 spiro atoms. The van der Waals surface area contributed by atoms with E-state index in [9.17, 15) is 9.59 Å². The van der Waals surface area contributed by atoms with E-state index in [4.69, 9.17) is 14.2 Å². The molecule has 0 aromatic heterocycles. The van der Waals surface area contributed by atoms with Crippen LogP contribution in [0.15, 0.2) is 72.5 Å². The Bertz CT molecular complexity index is 635. The van der Waals surface area contributed by atoms with E-state index in [1.54, 1.807) is 0 Å². The molecule has 2 rings (SSSR count). The van der Waals surface area contributed by atoms with Gasteiger partial charge < -0.3 is 14.2 Å². The van der Waals surface area contributed by atoms with Crippen molar-refractivity contribution < 1.29 is 23.8 Å². The Morgan fingerprint density at radius 3 is 1.58 bits per heavy atom. The lowest BCUT2D eigenvalue weighted by atomic mass is 10.2. The number of hydrogen-bond donors (Lipinski definition) is 0. The Morgan fingerprint density at radius 2 is 1.21 bits per heavy atom. The van der Waals surface area contributed by atoms with Gasteiger partial charge in [0.1, 0.15) is 19.5 Å². The number of benzene rings is 2. The molecule has 0 aliphatic carbocycles. The number of carbonyl (C=O) groups excluding carboxylic acids is 2. The number of rotatable bonds is 7. The molecule has 0 atom stereocenters. The molecular formula is C19H18O5. The highest BCUT2D eigenvalue weighted by atomic mass is 16.6. The fraction of sp³-hybridized carbons (Fsp3) is 0.158. The Hall–Kier alpha value is -3.08. The number of ether oxygens (including phenoxy) is 3. The summed E-state index contributed by atoms with van der Waals surface area (Å²) in [7, 11) is 1.34. The van der Waals surface area contributed by atoms with Crippen molar-refractivity contribution in [2.75, 3.05) is 7.11 Å². The summed E-state index contributed by atoms with van der Waals surface area (Å²) < 4.78 is 15.0. The van der Waals surface area contributed by atoms with Gasteiger partial charge in [0, 0.05) is 0 Å². The minimum Gasteiger partial charge on any atom is -0.503 e. The fourth-order valence-electron chi connectivity index (χ4n) is 1.90. The van der Waals surface area contributed by atoms with Crippen molar-refractivity contribution in [3.8, 4) is 0 Å². The molecule has 0 radical (unpaired) electrons. The molecule has 0 saturated heterocycles. The highest BCUT2D eigenvalue weighted by Gasteiger charge is 2.22. The maximum Gasteiger partial charge on any atom is 0.349 e. The van der Waals surface area contributed by atoms with Crippen molar-refractivity contribution in [1.29, 1.82) is 0 Å². The van der Waals surface area contributed by atoms with Crippen LogP contribution < -0.4 is 0 Å². The lowest BCUT2D eigenvalue weighted by molar-refractivity contribution is -0.148. The predicted molar refractivity (Wildman–Crippen MR) is 87.6 cm³/mol. The zero-order valence-electron chi connectivity index (χ0n) is 13.3. The first-order valence-electron chi connectivity index (χ1n) is 7.35. The Labute approximate surface area is 140 Å². The number of carbonyl (C=O) groups is 2. The first kappa shape index (κ1) is 17.3. The summed E-state index contributed by atoms with van der Waals surface area (Å²) in [6.45, 7) is 0.124. The summed E-state index contributed by atoms with van der Waals surface area (Å²) in [4.78, 5) is 24.2. The van der Waals surface area contributed by atoms with Gasteiger partial charge in [-0.05, 0) is 11.1 Å². The van der Waals surface area contributed by atoms with Gasteiger partial charge in [-0.3, -0.25) is 0 Å². The molecule has 0 fully saturated rings. The van der Waals surface area contributed by atoms with E-state index in [1.807, 2.05) is 60.7 Å². The summed E-state index contributed by atoms with van der Waals surface area (Å²) in [5.74, 6) is -1.59. The van der Waals surface area contributed by atoms with Crippen molar-refractivity contribution in [3.63, 3.8) is 0 Å². The van der Waals surface area contributed by atoms with E-state index in [-0.39, 0.29) is 18.8 Å². The van der Waals surface area contributed by atoms with Crippen LogP contribution in [-0.4, -0.2) is 19.0 Å². The third-order valence-corrected chi connectivity index (χ3v) is 3.10. The molecule has 0 amide bonds. The number of methoxy groups -OCH3 is 1. The molecule has 0 unspecified atom stereocenters. The summed E-state index contributed by atoms with van der Waals surface area (Å²) in [5.41, 5.74) is 1.35. The minimum absolute atomic E-state index is 0.0622. The van der Waals surface area contributed by atoms with Crippen LogP contribution in [-0.2, 0) is 37.0 Å². The van der Waals surface area contributed by atoms with Crippen LogP contribution >= 0.6 is 0 Å². The van der Waals surface area contributed by atoms with E-state index < -0.39 is 11.9 Å². The first-order valence-corrected chi connectivity index (χ1v) is 7.35. The molecule has 0 saturated carbocycles. The predicted octanol–water partition coefficient (Wildman–Crippen LogP) is 3.00. The second-order valence-corrected chi connectivity index (χ2v) is 4.89. The molecule has 0 N–H and O–H groups in total. The molecule has 0 bridgehead atoms. The van der Waals surface area contributed by atoms with Crippen LogP contribution in [0.2, 0.25) is 0 Å². The summed E-state index contributed by atoms with van der Waals surface area (Å²) >= 11 is 0. The van der Waals surface area contributed by atoms with Gasteiger partial charge in [-0.2, -0.15) is 0 Å². The second kappa shape index (κ2) is 9.15. The average Bonchev–Trinajstić information content (AvgIpc) is 2.64. The van der Waals surface area contributed by atoms with E-state index in [0.717, 1.165) is 17.4 Å². The summed E-state index contributed by atoms with van der Waals surface area (Å²) in [6.07, 6.45) is 1.03. The zero-order valence-corrected chi connectivity index (χ0v) is 13.3. The van der Waals surface area contributed by atoms with E-state index in [0.29, 0.717) is 0 Å². The zero-order chi connectivity index (χ0) is 17.2. The SMILES string of the molecule is COC=C(C(=O)OCc1ccccc1)C(=O)OCc1ccccc1. The van der Waals surface area contributed by atoms with E-state index in [2.05, 4.69) is 0 Å². The van der Waals surface area contributed by atoms with Gasteiger partial charge in [0.15, 0.2) is 5.57 Å². The van der Waals surface area contributed by atoms with E-state index in [1.165, 1.54) is 7.11 Å². The van der Waals surface area contributed by atoms with Crippen molar-refractivity contribution in [2.24, 2.45) is 0 Å². The monoisotopic (exact) mass is 326 g/mol. The lowest BCUT2D eigenvalue weighted by Crippen LogP contribution is -2.18. The molecule has 124 valence electrons. The van der Waals surface area contributed by atoms with Crippen LogP contribution in [0.1, 0.15) is 11.1 Å². The molecule has 2 aromatic rings. The van der Waals surface area contributed by atoms with Gasteiger partial charge in [-0.25, -0.2) is 9.59 Å². The van der Waals surface area contributed by atoms with Gasteiger partial charge in [0.2, 0.25) is 0 Å². The highest BCUT2D eigenvalue weighted by molar-refractivity contribution is 6.13. The van der Waals surface area contributed by atoms with Gasteiger partial charge in [-0.15, -0.1) is 0 Å². The van der Waals surface area contributed by atoms with Gasteiger partial charge in [0.05, 0.1) is 7.11 Å². The van der Waals surface area contributed by atoms with Crippen molar-refractivity contribution in [1.82, 2.24) is 0 Å². The molecular weight excluding hydrogens is 308 g/mol. The third-order valence-electron chi connectivity index (χ3n) is 3.10. The third kappa shape index (κ3) is 5.28. The van der Waals surface area contributed by atoms with Gasteiger partial charge >= 0.3 is 11.9 Å². The van der Waals surface area contributed by atoms with E-state index >= 15 is 0 Å². The minimum atomic E-state index is -0.793. The molecule has 0 aliphatic rings. The van der Waals surface area contributed by atoms with Crippen molar-refractivity contribution >= 4 is 11.9 Å². The van der Waals surface area contributed by atoms with Gasteiger partial charge in [0.25, 0.3) is 0 Å². The van der Waals surface area contributed by atoms with Crippen LogP contribution in [0, 0.1) is 0 Å². The molecule has 0 aliphatic heterocycles. The van der Waals surface area contributed by atoms with Crippen molar-refractivity contribution in [3.05, 3.63) is 83.6 Å². The second-order valence-electron chi connectivity index (χ2n) is 4.89. The molecule has 2 aromatic carbocycles. The molecule has 5 heteroatoms. The highest BCUT2D eigenvalue weighted by Crippen LogP contribution is 2.09. The molecule has 5 nitrogen and oxygen atoms in total. The number of esters is 2. The lowest BCUT2D eigenvalue weighted by Gasteiger charge is -2.09. The normalized spacial score (nSPS) is 9.71. The Balaban J connectivity index is 1.93.